The van der Waals surface area contributed by atoms with Gasteiger partial charge in [-0.2, -0.15) is 0 Å². The van der Waals surface area contributed by atoms with Crippen LogP contribution < -0.4 is 0 Å². The van der Waals surface area contributed by atoms with E-state index < -0.39 is 0 Å². The Kier molecular flexibility index (Phi) is 16.5. The summed E-state index contributed by atoms with van der Waals surface area (Å²) >= 11 is 0. The molecule has 0 atom stereocenters. The van der Waals surface area contributed by atoms with Crippen LogP contribution in [-0.2, 0) is 4.74 Å². The second-order valence-corrected chi connectivity index (χ2v) is 7.48. The van der Waals surface area contributed by atoms with Crippen molar-refractivity contribution in [1.29, 1.82) is 0 Å². The maximum absolute atomic E-state index is 5.68. The molecule has 26 heavy (non-hydrogen) atoms. The number of rotatable bonds is 18. The van der Waals surface area contributed by atoms with E-state index in [9.17, 15) is 0 Å². The third-order valence-corrected chi connectivity index (χ3v) is 4.97. The molecule has 0 saturated carbocycles. The maximum Gasteiger partial charge on any atom is 0.0650 e. The Bertz CT molecular complexity index is 409. The molecule has 0 N–H and O–H groups in total. The lowest BCUT2D eigenvalue weighted by molar-refractivity contribution is 0.157. The molecule has 0 fully saturated rings. The van der Waals surface area contributed by atoms with Crippen molar-refractivity contribution in [1.82, 2.24) is 0 Å². The Labute approximate surface area is 163 Å². The van der Waals surface area contributed by atoms with Crippen LogP contribution >= 0.6 is 0 Å². The molecule has 1 rings (SSSR count). The first-order valence-corrected chi connectivity index (χ1v) is 11.2. The van der Waals surface area contributed by atoms with E-state index in [0.717, 1.165) is 13.2 Å². The first-order chi connectivity index (χ1) is 12.9. The van der Waals surface area contributed by atoms with Crippen LogP contribution in [0, 0.1) is 0 Å². The highest BCUT2D eigenvalue weighted by atomic mass is 16.5. The molecule has 1 heteroatoms. The molecule has 148 valence electrons. The molecule has 0 heterocycles. The summed E-state index contributed by atoms with van der Waals surface area (Å²) in [6.45, 7) is 3.92. The summed E-state index contributed by atoms with van der Waals surface area (Å²) in [5.41, 5.74) is 1.24. The van der Waals surface area contributed by atoms with E-state index in [1.54, 1.807) is 0 Å². The van der Waals surface area contributed by atoms with Crippen LogP contribution in [0.4, 0.5) is 0 Å². The smallest absolute Gasteiger partial charge is 0.0650 e. The fourth-order valence-corrected chi connectivity index (χ4v) is 3.30. The number of unbranched alkanes of at least 4 members (excludes halogenated alkanes) is 13. The molecule has 0 amide bonds. The van der Waals surface area contributed by atoms with Crippen molar-refractivity contribution in [2.24, 2.45) is 0 Å². The van der Waals surface area contributed by atoms with Crippen molar-refractivity contribution in [3.63, 3.8) is 0 Å². The highest BCUT2D eigenvalue weighted by molar-refractivity contribution is 5.48. The van der Waals surface area contributed by atoms with Gasteiger partial charge >= 0.3 is 0 Å². The summed E-state index contributed by atoms with van der Waals surface area (Å²) in [6.07, 6.45) is 23.9. The average Bonchev–Trinajstić information content (AvgIpc) is 2.68. The van der Waals surface area contributed by atoms with E-state index in [1.165, 1.54) is 95.5 Å². The molecule has 1 aromatic rings. The van der Waals surface area contributed by atoms with Crippen molar-refractivity contribution in [2.45, 2.75) is 96.8 Å². The minimum absolute atomic E-state index is 0.730. The summed E-state index contributed by atoms with van der Waals surface area (Å²) in [6, 6.07) is 10.4. The average molecular weight is 359 g/mol. The first kappa shape index (κ1) is 23.0. The minimum Gasteiger partial charge on any atom is -0.377 e. The molecule has 0 spiro atoms. The lowest BCUT2D eigenvalue weighted by Crippen LogP contribution is -1.94. The van der Waals surface area contributed by atoms with Crippen molar-refractivity contribution in [3.8, 4) is 0 Å². The van der Waals surface area contributed by atoms with Gasteiger partial charge in [0.15, 0.2) is 0 Å². The molecule has 0 aliphatic rings. The Balaban J connectivity index is 1.73. The monoisotopic (exact) mass is 358 g/mol. The molecule has 0 aromatic heterocycles. The Morgan fingerprint density at radius 1 is 0.654 bits per heavy atom. The standard InChI is InChI=1S/C25H42O/c1-2-3-4-5-6-7-8-9-10-11-12-13-14-18-23-26-24-19-22-25-20-16-15-17-21-25/h15-17,19-22H,2-14,18,23-24H2,1H3. The highest BCUT2D eigenvalue weighted by Crippen LogP contribution is 2.13. The van der Waals surface area contributed by atoms with Gasteiger partial charge in [-0.15, -0.1) is 0 Å². The maximum atomic E-state index is 5.68. The van der Waals surface area contributed by atoms with Gasteiger partial charge in [0.1, 0.15) is 0 Å². The third kappa shape index (κ3) is 15.2. The van der Waals surface area contributed by atoms with Crippen molar-refractivity contribution >= 4 is 6.08 Å². The number of ether oxygens (including phenoxy) is 1. The molecule has 0 radical (unpaired) electrons. The van der Waals surface area contributed by atoms with Crippen molar-refractivity contribution in [2.75, 3.05) is 13.2 Å². The molecule has 1 nitrogen and oxygen atoms in total. The van der Waals surface area contributed by atoms with Gasteiger partial charge in [0.2, 0.25) is 0 Å². The lowest BCUT2D eigenvalue weighted by atomic mass is 10.0. The Morgan fingerprint density at radius 2 is 1.15 bits per heavy atom. The normalized spacial score (nSPS) is 11.4. The fraction of sp³-hybridized carbons (Fsp3) is 0.680. The quantitative estimate of drug-likeness (QED) is 0.240. The van der Waals surface area contributed by atoms with Gasteiger partial charge in [0, 0.05) is 6.61 Å². The second kappa shape index (κ2) is 18.7. The van der Waals surface area contributed by atoms with Crippen LogP contribution in [0.2, 0.25) is 0 Å². The zero-order chi connectivity index (χ0) is 18.5. The van der Waals surface area contributed by atoms with Gasteiger partial charge < -0.3 is 4.74 Å². The van der Waals surface area contributed by atoms with E-state index in [0.29, 0.717) is 0 Å². The number of hydrogen-bond donors (Lipinski definition) is 0. The summed E-state index contributed by atoms with van der Waals surface area (Å²) in [5.74, 6) is 0. The zero-order valence-corrected chi connectivity index (χ0v) is 17.3. The number of benzene rings is 1. The Morgan fingerprint density at radius 3 is 1.69 bits per heavy atom. The summed E-state index contributed by atoms with van der Waals surface area (Å²) in [7, 11) is 0. The zero-order valence-electron chi connectivity index (χ0n) is 17.3. The minimum atomic E-state index is 0.730. The van der Waals surface area contributed by atoms with Crippen LogP contribution in [0.25, 0.3) is 6.08 Å². The molecule has 0 aliphatic heterocycles. The molecule has 0 bridgehead atoms. The van der Waals surface area contributed by atoms with E-state index >= 15 is 0 Å². The van der Waals surface area contributed by atoms with Crippen molar-refractivity contribution in [3.05, 3.63) is 42.0 Å². The fourth-order valence-electron chi connectivity index (χ4n) is 3.30. The van der Waals surface area contributed by atoms with Gasteiger partial charge in [0.05, 0.1) is 6.61 Å². The third-order valence-electron chi connectivity index (χ3n) is 4.97. The molecular weight excluding hydrogens is 316 g/mol. The van der Waals surface area contributed by atoms with E-state index in [-0.39, 0.29) is 0 Å². The second-order valence-electron chi connectivity index (χ2n) is 7.48. The van der Waals surface area contributed by atoms with Crippen LogP contribution in [0.5, 0.6) is 0 Å². The molecule has 1 aromatic carbocycles. The summed E-state index contributed by atoms with van der Waals surface area (Å²) in [5, 5.41) is 0. The predicted molar refractivity (Wildman–Crippen MR) is 117 cm³/mol. The summed E-state index contributed by atoms with van der Waals surface area (Å²) < 4.78 is 5.68. The van der Waals surface area contributed by atoms with Gasteiger partial charge in [0.25, 0.3) is 0 Å². The van der Waals surface area contributed by atoms with Crippen LogP contribution in [-0.4, -0.2) is 13.2 Å². The summed E-state index contributed by atoms with van der Waals surface area (Å²) in [4.78, 5) is 0. The van der Waals surface area contributed by atoms with Gasteiger partial charge in [-0.1, -0.05) is 133 Å². The van der Waals surface area contributed by atoms with Crippen molar-refractivity contribution < 1.29 is 4.74 Å². The largest absolute Gasteiger partial charge is 0.377 e. The molecule has 0 saturated heterocycles. The molecule has 0 aliphatic carbocycles. The van der Waals surface area contributed by atoms with Gasteiger partial charge in [-0.3, -0.25) is 0 Å². The first-order valence-electron chi connectivity index (χ1n) is 11.2. The van der Waals surface area contributed by atoms with E-state index in [1.807, 2.05) is 6.07 Å². The van der Waals surface area contributed by atoms with Gasteiger partial charge in [-0.05, 0) is 12.0 Å². The Hall–Kier alpha value is -1.08. The number of hydrogen-bond acceptors (Lipinski definition) is 1. The van der Waals surface area contributed by atoms with Gasteiger partial charge in [-0.25, -0.2) is 0 Å². The van der Waals surface area contributed by atoms with Crippen LogP contribution in [0.1, 0.15) is 102 Å². The SMILES string of the molecule is CCCCCCCCCCCCCCCCOCC=Cc1ccccc1. The topological polar surface area (TPSA) is 9.23 Å². The lowest BCUT2D eigenvalue weighted by Gasteiger charge is -2.03. The predicted octanol–water partition coefficient (Wildman–Crippen LogP) is 8.20. The van der Waals surface area contributed by atoms with Crippen LogP contribution in [0.3, 0.4) is 0 Å². The molecule has 0 unspecified atom stereocenters. The van der Waals surface area contributed by atoms with E-state index in [2.05, 4.69) is 43.3 Å². The highest BCUT2D eigenvalue weighted by Gasteiger charge is 1.94. The van der Waals surface area contributed by atoms with Crippen LogP contribution in [0.15, 0.2) is 36.4 Å². The van der Waals surface area contributed by atoms with E-state index in [4.69, 9.17) is 4.74 Å². The molecular formula is C25H42O.